The van der Waals surface area contributed by atoms with Gasteiger partial charge in [-0.3, -0.25) is 0 Å². The molecule has 0 radical (unpaired) electrons. The summed E-state index contributed by atoms with van der Waals surface area (Å²) in [7, 11) is 0. The van der Waals surface area contributed by atoms with Crippen LogP contribution in [-0.2, 0) is 4.74 Å². The van der Waals surface area contributed by atoms with Gasteiger partial charge in [0.15, 0.2) is 0 Å². The molecular formula is C5H9NO2. The Labute approximate surface area is 48.0 Å². The van der Waals surface area contributed by atoms with E-state index in [0.717, 1.165) is 0 Å². The minimum Gasteiger partial charge on any atom is -0.474 e. The molecule has 0 saturated carbocycles. The highest BCUT2D eigenvalue weighted by Gasteiger charge is 2.12. The highest BCUT2D eigenvalue weighted by Crippen LogP contribution is 2.01. The molecule has 0 unspecified atom stereocenters. The van der Waals surface area contributed by atoms with Crippen molar-refractivity contribution in [2.75, 3.05) is 13.2 Å². The first-order valence-electron chi connectivity index (χ1n) is 2.64. The van der Waals surface area contributed by atoms with Gasteiger partial charge in [0.2, 0.25) is 5.90 Å². The van der Waals surface area contributed by atoms with Crippen molar-refractivity contribution < 1.29 is 9.84 Å². The Morgan fingerprint density at radius 3 is 3.00 bits per heavy atom. The molecular weight excluding hydrogens is 106 g/mol. The number of aliphatic hydroxyl groups excluding tert-OH is 1. The highest BCUT2D eigenvalue weighted by molar-refractivity contribution is 5.78. The van der Waals surface area contributed by atoms with Gasteiger partial charge >= 0.3 is 0 Å². The van der Waals surface area contributed by atoms with E-state index in [4.69, 9.17) is 9.84 Å². The third-order valence-corrected chi connectivity index (χ3v) is 0.997. The van der Waals surface area contributed by atoms with Gasteiger partial charge in [-0.05, 0) is 6.92 Å². The quantitative estimate of drug-likeness (QED) is 0.514. The fraction of sp³-hybridized carbons (Fsp3) is 0.800. The zero-order chi connectivity index (χ0) is 5.98. The summed E-state index contributed by atoms with van der Waals surface area (Å²) in [6.45, 7) is 2.55. The van der Waals surface area contributed by atoms with Crippen LogP contribution in [0.2, 0.25) is 0 Å². The average molecular weight is 115 g/mol. The Kier molecular flexibility index (Phi) is 1.48. The van der Waals surface area contributed by atoms with Crippen LogP contribution >= 0.6 is 0 Å². The van der Waals surface area contributed by atoms with Gasteiger partial charge in [-0.2, -0.15) is 0 Å². The molecule has 46 valence electrons. The summed E-state index contributed by atoms with van der Waals surface area (Å²) in [5.41, 5.74) is 0. The van der Waals surface area contributed by atoms with Crippen molar-refractivity contribution in [3.8, 4) is 0 Å². The van der Waals surface area contributed by atoms with E-state index >= 15 is 0 Å². The number of hydrogen-bond donors (Lipinski definition) is 1. The molecule has 0 aliphatic carbocycles. The Morgan fingerprint density at radius 2 is 2.75 bits per heavy atom. The van der Waals surface area contributed by atoms with Crippen LogP contribution in [0.3, 0.4) is 0 Å². The highest BCUT2D eigenvalue weighted by atomic mass is 16.5. The lowest BCUT2D eigenvalue weighted by atomic mass is 10.4. The molecule has 0 aromatic heterocycles. The second-order valence-corrected chi connectivity index (χ2v) is 1.82. The predicted octanol–water partition coefficient (Wildman–Crippen LogP) is -0.204. The second-order valence-electron chi connectivity index (χ2n) is 1.82. The minimum atomic E-state index is -0.0651. The van der Waals surface area contributed by atoms with Crippen LogP contribution < -0.4 is 0 Å². The summed E-state index contributed by atoms with van der Waals surface area (Å²) in [6, 6.07) is 0. The first-order chi connectivity index (χ1) is 3.83. The first-order valence-corrected chi connectivity index (χ1v) is 2.64. The largest absolute Gasteiger partial charge is 0.474 e. The number of rotatable bonds is 1. The van der Waals surface area contributed by atoms with Crippen molar-refractivity contribution >= 4 is 5.90 Å². The Hall–Kier alpha value is -0.570. The molecule has 0 saturated heterocycles. The summed E-state index contributed by atoms with van der Waals surface area (Å²) < 4.78 is 5.01. The van der Waals surface area contributed by atoms with E-state index in [2.05, 4.69) is 4.99 Å². The summed E-state index contributed by atoms with van der Waals surface area (Å²) in [6.07, 6.45) is 0.164. The van der Waals surface area contributed by atoms with Gasteiger partial charge in [-0.15, -0.1) is 0 Å². The van der Waals surface area contributed by atoms with Gasteiger partial charge in [0.1, 0.15) is 12.7 Å². The molecule has 0 amide bonds. The van der Waals surface area contributed by atoms with Crippen molar-refractivity contribution in [1.29, 1.82) is 0 Å². The molecule has 3 nitrogen and oxygen atoms in total. The van der Waals surface area contributed by atoms with Crippen LogP contribution in [0.25, 0.3) is 0 Å². The molecule has 1 atom stereocenters. The molecule has 1 N–H and O–H groups in total. The van der Waals surface area contributed by atoms with Gasteiger partial charge in [0, 0.05) is 0 Å². The molecule has 0 bridgehead atoms. The summed E-state index contributed by atoms with van der Waals surface area (Å²) in [5.74, 6) is 0.470. The van der Waals surface area contributed by atoms with Crippen LogP contribution in [-0.4, -0.2) is 30.3 Å². The molecule has 0 aromatic carbocycles. The lowest BCUT2D eigenvalue weighted by Crippen LogP contribution is -2.10. The molecule has 0 spiro atoms. The number of nitrogens with zero attached hydrogens (tertiary/aromatic N) is 1. The zero-order valence-corrected chi connectivity index (χ0v) is 4.79. The molecule has 8 heavy (non-hydrogen) atoms. The molecule has 1 rings (SSSR count). The third kappa shape index (κ3) is 0.980. The van der Waals surface area contributed by atoms with Crippen LogP contribution in [0.15, 0.2) is 4.99 Å². The van der Waals surface area contributed by atoms with E-state index in [1.165, 1.54) is 0 Å². The van der Waals surface area contributed by atoms with Gasteiger partial charge < -0.3 is 9.84 Å². The van der Waals surface area contributed by atoms with E-state index in [-0.39, 0.29) is 12.7 Å². The number of aliphatic hydroxyl groups is 1. The zero-order valence-electron chi connectivity index (χ0n) is 4.79. The third-order valence-electron chi connectivity index (χ3n) is 0.997. The summed E-state index contributed by atoms with van der Waals surface area (Å²) in [4.78, 5) is 3.88. The van der Waals surface area contributed by atoms with Crippen LogP contribution in [0.4, 0.5) is 0 Å². The fourth-order valence-electron chi connectivity index (χ4n) is 0.624. The molecule has 1 heterocycles. The van der Waals surface area contributed by atoms with Crippen molar-refractivity contribution in [1.82, 2.24) is 0 Å². The smallest absolute Gasteiger partial charge is 0.210 e. The summed E-state index contributed by atoms with van der Waals surface area (Å²) in [5, 5.41) is 8.43. The van der Waals surface area contributed by atoms with Gasteiger partial charge in [0.05, 0.1) is 6.54 Å². The second kappa shape index (κ2) is 2.13. The van der Waals surface area contributed by atoms with E-state index < -0.39 is 0 Å². The molecule has 0 aromatic rings. The number of ether oxygens (including phenoxy) is 1. The molecule has 3 heteroatoms. The van der Waals surface area contributed by atoms with Gasteiger partial charge in [-0.1, -0.05) is 0 Å². The molecule has 0 fully saturated rings. The maximum absolute atomic E-state index is 8.43. The van der Waals surface area contributed by atoms with E-state index in [1.54, 1.807) is 0 Å². The normalized spacial score (nSPS) is 27.2. The predicted molar refractivity (Wildman–Crippen MR) is 29.9 cm³/mol. The number of aliphatic imine (C=N–C) groups is 1. The molecule has 1 aliphatic heterocycles. The first kappa shape index (κ1) is 5.56. The van der Waals surface area contributed by atoms with E-state index in [1.807, 2.05) is 6.92 Å². The van der Waals surface area contributed by atoms with Crippen LogP contribution in [0, 0.1) is 0 Å². The monoisotopic (exact) mass is 115 g/mol. The Bertz CT molecular complexity index is 111. The Balaban J connectivity index is 2.37. The van der Waals surface area contributed by atoms with E-state index in [0.29, 0.717) is 12.4 Å². The van der Waals surface area contributed by atoms with Crippen molar-refractivity contribution in [2.24, 2.45) is 4.99 Å². The van der Waals surface area contributed by atoms with Crippen molar-refractivity contribution in [2.45, 2.75) is 13.0 Å². The van der Waals surface area contributed by atoms with E-state index in [9.17, 15) is 0 Å². The van der Waals surface area contributed by atoms with Gasteiger partial charge in [0.25, 0.3) is 0 Å². The SMILES string of the molecule is C[C@H]1CN=C(CO)O1. The van der Waals surface area contributed by atoms with Crippen molar-refractivity contribution in [3.05, 3.63) is 0 Å². The number of hydrogen-bond acceptors (Lipinski definition) is 3. The van der Waals surface area contributed by atoms with Crippen LogP contribution in [0.1, 0.15) is 6.92 Å². The maximum atomic E-state index is 8.43. The lowest BCUT2D eigenvalue weighted by Gasteiger charge is -2.00. The minimum absolute atomic E-state index is 0.0651. The Morgan fingerprint density at radius 1 is 2.00 bits per heavy atom. The fourth-order valence-corrected chi connectivity index (χ4v) is 0.624. The van der Waals surface area contributed by atoms with Crippen LogP contribution in [0.5, 0.6) is 0 Å². The topological polar surface area (TPSA) is 41.8 Å². The average Bonchev–Trinajstić information content (AvgIpc) is 2.14. The lowest BCUT2D eigenvalue weighted by molar-refractivity contribution is 0.217. The molecule has 1 aliphatic rings. The standard InChI is InChI=1S/C5H9NO2/c1-4-2-6-5(3-7)8-4/h4,7H,2-3H2,1H3/t4-/m0/s1. The maximum Gasteiger partial charge on any atom is 0.210 e. The van der Waals surface area contributed by atoms with Crippen molar-refractivity contribution in [3.63, 3.8) is 0 Å². The van der Waals surface area contributed by atoms with Gasteiger partial charge in [-0.25, -0.2) is 4.99 Å². The summed E-state index contributed by atoms with van der Waals surface area (Å²) >= 11 is 0.